The monoisotopic (exact) mass is 523 g/mol. The first kappa shape index (κ1) is 26.7. The number of rotatable bonds is 9. The SMILES string of the molecule is COc1cc(CNC2CCc3cc(OC)c(OC)c(OC)c3-c3ccc(SC)c(=O)cc32)cc(OC)c1. The van der Waals surface area contributed by atoms with E-state index in [9.17, 15) is 4.79 Å². The fourth-order valence-electron chi connectivity index (χ4n) is 4.89. The first-order chi connectivity index (χ1) is 18.0. The van der Waals surface area contributed by atoms with Crippen LogP contribution in [0.25, 0.3) is 11.1 Å². The number of methoxy groups -OCH3 is 5. The lowest BCUT2D eigenvalue weighted by molar-refractivity contribution is 0.324. The minimum Gasteiger partial charge on any atom is -0.497 e. The standard InChI is InChI=1S/C29H33NO6S/c1-32-19-11-17(12-20(14-19)33-2)16-30-23-9-7-18-13-25(34-3)28(35-4)29(36-5)27(18)21-8-10-26(37-6)24(31)15-22(21)23/h8,10-15,23,30H,7,9,16H2,1-6H3. The molecule has 4 rings (SSSR count). The summed E-state index contributed by atoms with van der Waals surface area (Å²) in [7, 11) is 8.13. The van der Waals surface area contributed by atoms with Crippen LogP contribution in [-0.4, -0.2) is 41.8 Å². The van der Waals surface area contributed by atoms with Crippen LogP contribution in [-0.2, 0) is 13.0 Å². The molecule has 0 saturated carbocycles. The van der Waals surface area contributed by atoms with Gasteiger partial charge >= 0.3 is 0 Å². The van der Waals surface area contributed by atoms with E-state index in [2.05, 4.69) is 5.32 Å². The van der Waals surface area contributed by atoms with Gasteiger partial charge in [-0.05, 0) is 71.7 Å². The topological polar surface area (TPSA) is 75.3 Å². The van der Waals surface area contributed by atoms with Gasteiger partial charge in [0.25, 0.3) is 0 Å². The van der Waals surface area contributed by atoms with Gasteiger partial charge in [-0.1, -0.05) is 6.07 Å². The Morgan fingerprint density at radius 1 is 0.865 bits per heavy atom. The molecular formula is C29H33NO6S. The van der Waals surface area contributed by atoms with Gasteiger partial charge in [0.1, 0.15) is 11.5 Å². The highest BCUT2D eigenvalue weighted by Gasteiger charge is 2.29. The van der Waals surface area contributed by atoms with Crippen LogP contribution in [0.4, 0.5) is 0 Å². The molecule has 1 N–H and O–H groups in total. The van der Waals surface area contributed by atoms with Crippen LogP contribution in [0.2, 0.25) is 0 Å². The fourth-order valence-corrected chi connectivity index (χ4v) is 5.35. The zero-order valence-electron chi connectivity index (χ0n) is 22.1. The van der Waals surface area contributed by atoms with Gasteiger partial charge in [0.15, 0.2) is 16.9 Å². The number of benzene rings is 2. The summed E-state index contributed by atoms with van der Waals surface area (Å²) in [6, 6.07) is 13.4. The second-order valence-corrected chi connectivity index (χ2v) is 9.50. The summed E-state index contributed by atoms with van der Waals surface area (Å²) in [4.78, 5) is 13.8. The van der Waals surface area contributed by atoms with Crippen LogP contribution in [0, 0.1) is 0 Å². The lowest BCUT2D eigenvalue weighted by Crippen LogP contribution is -2.22. The van der Waals surface area contributed by atoms with Crippen molar-refractivity contribution in [3.63, 3.8) is 0 Å². The maximum absolute atomic E-state index is 13.2. The molecule has 1 aliphatic carbocycles. The first-order valence-electron chi connectivity index (χ1n) is 12.0. The number of thioether (sulfide) groups is 1. The molecule has 0 fully saturated rings. The molecule has 37 heavy (non-hydrogen) atoms. The molecule has 1 atom stereocenters. The number of hydrogen-bond acceptors (Lipinski definition) is 8. The summed E-state index contributed by atoms with van der Waals surface area (Å²) < 4.78 is 28.1. The normalized spacial score (nSPS) is 14.2. The summed E-state index contributed by atoms with van der Waals surface area (Å²) in [5.41, 5.74) is 4.87. The van der Waals surface area contributed by atoms with Gasteiger partial charge in [-0.3, -0.25) is 4.79 Å². The van der Waals surface area contributed by atoms with E-state index in [0.717, 1.165) is 52.2 Å². The molecule has 7 nitrogen and oxygen atoms in total. The molecule has 3 aromatic carbocycles. The van der Waals surface area contributed by atoms with Gasteiger partial charge in [-0.25, -0.2) is 0 Å². The van der Waals surface area contributed by atoms with Crippen LogP contribution >= 0.6 is 11.8 Å². The van der Waals surface area contributed by atoms with Crippen molar-refractivity contribution in [2.75, 3.05) is 41.8 Å². The maximum atomic E-state index is 13.2. The smallest absolute Gasteiger partial charge is 0.203 e. The Morgan fingerprint density at radius 2 is 1.57 bits per heavy atom. The van der Waals surface area contributed by atoms with Crippen LogP contribution < -0.4 is 34.4 Å². The molecule has 0 heterocycles. The van der Waals surface area contributed by atoms with Crippen molar-refractivity contribution < 1.29 is 23.7 Å². The molecule has 0 spiro atoms. The van der Waals surface area contributed by atoms with E-state index in [1.54, 1.807) is 41.6 Å². The lowest BCUT2D eigenvalue weighted by Gasteiger charge is -2.20. The fraction of sp³-hybridized carbons (Fsp3) is 0.345. The maximum Gasteiger partial charge on any atom is 0.203 e. The number of fused-ring (bicyclic) bond motifs is 3. The van der Waals surface area contributed by atoms with Crippen molar-refractivity contribution in [1.82, 2.24) is 5.32 Å². The average Bonchev–Trinajstić information content (AvgIpc) is 3.18. The van der Waals surface area contributed by atoms with Crippen LogP contribution in [0.1, 0.15) is 29.2 Å². The molecular weight excluding hydrogens is 490 g/mol. The number of nitrogens with one attached hydrogen (secondary N) is 1. The van der Waals surface area contributed by atoms with Gasteiger partial charge in [0, 0.05) is 24.2 Å². The largest absolute Gasteiger partial charge is 0.497 e. The lowest BCUT2D eigenvalue weighted by atomic mass is 9.95. The van der Waals surface area contributed by atoms with Gasteiger partial charge in [0.05, 0.1) is 40.4 Å². The molecule has 0 aromatic heterocycles. The van der Waals surface area contributed by atoms with Crippen molar-refractivity contribution in [3.05, 3.63) is 69.4 Å². The third kappa shape index (κ3) is 5.36. The van der Waals surface area contributed by atoms with Gasteiger partial charge in [-0.2, -0.15) is 0 Å². The van der Waals surface area contributed by atoms with E-state index in [1.807, 2.05) is 42.7 Å². The van der Waals surface area contributed by atoms with E-state index in [-0.39, 0.29) is 11.5 Å². The van der Waals surface area contributed by atoms with Gasteiger partial charge in [-0.15, -0.1) is 11.8 Å². The van der Waals surface area contributed by atoms with Crippen LogP contribution in [0.15, 0.2) is 52.2 Å². The number of ether oxygens (including phenoxy) is 5. The van der Waals surface area contributed by atoms with Crippen molar-refractivity contribution in [2.24, 2.45) is 0 Å². The second kappa shape index (κ2) is 11.8. The molecule has 3 aromatic rings. The molecule has 0 amide bonds. The summed E-state index contributed by atoms with van der Waals surface area (Å²) in [5, 5.41) is 3.68. The van der Waals surface area contributed by atoms with E-state index < -0.39 is 0 Å². The van der Waals surface area contributed by atoms with Crippen molar-refractivity contribution in [3.8, 4) is 39.9 Å². The summed E-state index contributed by atoms with van der Waals surface area (Å²) in [5.74, 6) is 3.20. The highest BCUT2D eigenvalue weighted by molar-refractivity contribution is 7.98. The predicted octanol–water partition coefficient (Wildman–Crippen LogP) is 5.26. The van der Waals surface area contributed by atoms with Crippen LogP contribution in [0.3, 0.4) is 0 Å². The second-order valence-electron chi connectivity index (χ2n) is 8.65. The number of aryl methyl sites for hydroxylation is 1. The molecule has 1 unspecified atom stereocenters. The zero-order chi connectivity index (χ0) is 26.5. The molecule has 196 valence electrons. The molecule has 0 bridgehead atoms. The highest BCUT2D eigenvalue weighted by atomic mass is 32.2. The minimum atomic E-state index is -0.0869. The Hall–Kier alpha value is -3.36. The number of hydrogen-bond donors (Lipinski definition) is 1. The quantitative estimate of drug-likeness (QED) is 0.381. The van der Waals surface area contributed by atoms with E-state index in [4.69, 9.17) is 23.7 Å². The molecule has 0 saturated heterocycles. The third-order valence-electron chi connectivity index (χ3n) is 6.68. The Kier molecular flexibility index (Phi) is 8.51. The molecule has 8 heteroatoms. The predicted molar refractivity (Wildman–Crippen MR) is 147 cm³/mol. The average molecular weight is 524 g/mol. The Labute approximate surface area is 222 Å². The molecule has 0 radical (unpaired) electrons. The summed E-state index contributed by atoms with van der Waals surface area (Å²) in [6.45, 7) is 0.569. The van der Waals surface area contributed by atoms with Crippen molar-refractivity contribution in [1.29, 1.82) is 0 Å². The highest BCUT2D eigenvalue weighted by Crippen LogP contribution is 2.50. The van der Waals surface area contributed by atoms with E-state index in [1.165, 1.54) is 11.8 Å². The summed E-state index contributed by atoms with van der Waals surface area (Å²) >= 11 is 1.44. The van der Waals surface area contributed by atoms with Gasteiger partial charge < -0.3 is 29.0 Å². The molecule has 1 aliphatic rings. The van der Waals surface area contributed by atoms with Crippen molar-refractivity contribution >= 4 is 11.8 Å². The Bertz CT molecular complexity index is 1320. The van der Waals surface area contributed by atoms with E-state index >= 15 is 0 Å². The zero-order valence-corrected chi connectivity index (χ0v) is 22.9. The van der Waals surface area contributed by atoms with Crippen LogP contribution in [0.5, 0.6) is 28.7 Å². The minimum absolute atomic E-state index is 0.00788. The van der Waals surface area contributed by atoms with E-state index in [0.29, 0.717) is 28.7 Å². The first-order valence-corrected chi connectivity index (χ1v) is 13.2. The third-order valence-corrected chi connectivity index (χ3v) is 7.46. The Balaban J connectivity index is 1.86. The Morgan fingerprint density at radius 3 is 2.16 bits per heavy atom. The summed E-state index contributed by atoms with van der Waals surface area (Å²) in [6.07, 6.45) is 3.45. The molecule has 0 aliphatic heterocycles. The van der Waals surface area contributed by atoms with Gasteiger partial charge in [0.2, 0.25) is 5.75 Å². The van der Waals surface area contributed by atoms with Crippen molar-refractivity contribution in [2.45, 2.75) is 30.3 Å².